The molecule has 1 aromatic heterocycles. The van der Waals surface area contributed by atoms with Gasteiger partial charge in [-0.25, -0.2) is 0 Å². The fourth-order valence-electron chi connectivity index (χ4n) is 1.04. The van der Waals surface area contributed by atoms with E-state index in [1.165, 1.54) is 11.3 Å². The predicted octanol–water partition coefficient (Wildman–Crippen LogP) is 1.11. The first kappa shape index (κ1) is 8.49. The van der Waals surface area contributed by atoms with Crippen LogP contribution in [0.3, 0.4) is 0 Å². The SMILES string of the molecule is CCC(NC)c1csc(=O)[nH]1. The normalized spacial score (nSPS) is 13.3. The van der Waals surface area contributed by atoms with E-state index in [2.05, 4.69) is 17.2 Å². The number of hydrogen-bond donors (Lipinski definition) is 2. The highest BCUT2D eigenvalue weighted by atomic mass is 32.1. The van der Waals surface area contributed by atoms with Crippen LogP contribution >= 0.6 is 11.3 Å². The Kier molecular flexibility index (Phi) is 2.84. The predicted molar refractivity (Wildman–Crippen MR) is 47.0 cm³/mol. The summed E-state index contributed by atoms with van der Waals surface area (Å²) in [5, 5.41) is 4.99. The van der Waals surface area contributed by atoms with Gasteiger partial charge in [0.2, 0.25) is 0 Å². The van der Waals surface area contributed by atoms with E-state index in [0.29, 0.717) is 0 Å². The minimum atomic E-state index is 0.0219. The molecule has 1 rings (SSSR count). The third kappa shape index (κ3) is 1.91. The van der Waals surface area contributed by atoms with Crippen molar-refractivity contribution >= 4 is 11.3 Å². The van der Waals surface area contributed by atoms with E-state index in [0.717, 1.165) is 12.1 Å². The van der Waals surface area contributed by atoms with Crippen LogP contribution in [-0.4, -0.2) is 12.0 Å². The Morgan fingerprint density at radius 1 is 1.82 bits per heavy atom. The smallest absolute Gasteiger partial charge is 0.304 e. The van der Waals surface area contributed by atoms with Gasteiger partial charge in [0.05, 0.1) is 0 Å². The minimum Gasteiger partial charge on any atom is -0.315 e. The summed E-state index contributed by atoms with van der Waals surface area (Å²) >= 11 is 1.21. The van der Waals surface area contributed by atoms with Crippen LogP contribution in [-0.2, 0) is 0 Å². The Bertz CT molecular complexity index is 261. The van der Waals surface area contributed by atoms with Crippen LogP contribution in [0, 0.1) is 0 Å². The van der Waals surface area contributed by atoms with Crippen LogP contribution in [0.25, 0.3) is 0 Å². The first-order valence-corrected chi connectivity index (χ1v) is 4.50. The maximum absolute atomic E-state index is 10.8. The Labute approximate surface area is 69.5 Å². The molecular formula is C7H12N2OS. The molecule has 0 spiro atoms. The van der Waals surface area contributed by atoms with Gasteiger partial charge in [0, 0.05) is 17.1 Å². The summed E-state index contributed by atoms with van der Waals surface area (Å²) in [7, 11) is 1.89. The van der Waals surface area contributed by atoms with Gasteiger partial charge in [-0.2, -0.15) is 0 Å². The molecule has 0 fully saturated rings. The second-order valence-electron chi connectivity index (χ2n) is 2.35. The summed E-state index contributed by atoms with van der Waals surface area (Å²) < 4.78 is 0. The molecule has 0 amide bonds. The van der Waals surface area contributed by atoms with Gasteiger partial charge in [0.15, 0.2) is 0 Å². The van der Waals surface area contributed by atoms with Crippen molar-refractivity contribution in [3.63, 3.8) is 0 Å². The van der Waals surface area contributed by atoms with E-state index in [-0.39, 0.29) is 10.9 Å². The molecule has 1 aromatic rings. The van der Waals surface area contributed by atoms with Gasteiger partial charge in [-0.15, -0.1) is 0 Å². The van der Waals surface area contributed by atoms with Gasteiger partial charge >= 0.3 is 4.87 Å². The Morgan fingerprint density at radius 2 is 2.55 bits per heavy atom. The maximum Gasteiger partial charge on any atom is 0.304 e. The zero-order chi connectivity index (χ0) is 8.27. The summed E-state index contributed by atoms with van der Waals surface area (Å²) in [5.74, 6) is 0. The molecule has 1 heterocycles. The van der Waals surface area contributed by atoms with Gasteiger partial charge in [-0.3, -0.25) is 4.79 Å². The summed E-state index contributed by atoms with van der Waals surface area (Å²) in [5.41, 5.74) is 0.991. The van der Waals surface area contributed by atoms with E-state index in [1.54, 1.807) is 0 Å². The van der Waals surface area contributed by atoms with Crippen molar-refractivity contribution in [2.75, 3.05) is 7.05 Å². The number of nitrogens with one attached hydrogen (secondary N) is 2. The first-order chi connectivity index (χ1) is 5.27. The molecule has 0 aliphatic heterocycles. The van der Waals surface area contributed by atoms with Crippen molar-refractivity contribution in [1.82, 2.24) is 10.3 Å². The van der Waals surface area contributed by atoms with Crippen LogP contribution < -0.4 is 10.2 Å². The van der Waals surface area contributed by atoms with E-state index >= 15 is 0 Å². The van der Waals surface area contributed by atoms with E-state index in [9.17, 15) is 4.79 Å². The fraction of sp³-hybridized carbons (Fsp3) is 0.571. The van der Waals surface area contributed by atoms with Gasteiger partial charge in [0.25, 0.3) is 0 Å². The van der Waals surface area contributed by atoms with E-state index < -0.39 is 0 Å². The number of rotatable bonds is 3. The zero-order valence-electron chi connectivity index (χ0n) is 6.68. The molecule has 1 atom stereocenters. The largest absolute Gasteiger partial charge is 0.315 e. The summed E-state index contributed by atoms with van der Waals surface area (Å²) in [4.78, 5) is 13.6. The number of thiazole rings is 1. The van der Waals surface area contributed by atoms with Gasteiger partial charge < -0.3 is 10.3 Å². The molecule has 62 valence electrons. The minimum absolute atomic E-state index is 0.0219. The molecule has 0 aliphatic rings. The lowest BCUT2D eigenvalue weighted by atomic mass is 10.2. The molecule has 1 unspecified atom stereocenters. The van der Waals surface area contributed by atoms with Crippen molar-refractivity contribution in [3.05, 3.63) is 20.7 Å². The molecule has 0 aliphatic carbocycles. The fourth-order valence-corrected chi connectivity index (χ4v) is 1.68. The molecule has 4 heteroatoms. The molecule has 0 radical (unpaired) electrons. The van der Waals surface area contributed by atoms with Gasteiger partial charge in [0.1, 0.15) is 0 Å². The quantitative estimate of drug-likeness (QED) is 0.717. The summed E-state index contributed by atoms with van der Waals surface area (Å²) in [6.07, 6.45) is 0.989. The summed E-state index contributed by atoms with van der Waals surface area (Å²) in [6, 6.07) is 0.286. The second kappa shape index (κ2) is 3.69. The average Bonchev–Trinajstić information content (AvgIpc) is 2.39. The van der Waals surface area contributed by atoms with Crippen molar-refractivity contribution in [1.29, 1.82) is 0 Å². The third-order valence-corrected chi connectivity index (χ3v) is 2.36. The number of hydrogen-bond acceptors (Lipinski definition) is 3. The average molecular weight is 172 g/mol. The van der Waals surface area contributed by atoms with Crippen LogP contribution in [0.4, 0.5) is 0 Å². The number of H-pyrrole nitrogens is 1. The van der Waals surface area contributed by atoms with Gasteiger partial charge in [-0.05, 0) is 13.5 Å². The molecule has 3 nitrogen and oxygen atoms in total. The molecule has 0 aromatic carbocycles. The molecule has 0 bridgehead atoms. The van der Waals surface area contributed by atoms with E-state index in [1.807, 2.05) is 12.4 Å². The lowest BCUT2D eigenvalue weighted by molar-refractivity contribution is 0.563. The van der Waals surface area contributed by atoms with Crippen LogP contribution in [0.1, 0.15) is 25.1 Å². The second-order valence-corrected chi connectivity index (χ2v) is 3.20. The van der Waals surface area contributed by atoms with E-state index in [4.69, 9.17) is 0 Å². The van der Waals surface area contributed by atoms with Crippen molar-refractivity contribution in [2.45, 2.75) is 19.4 Å². The third-order valence-electron chi connectivity index (χ3n) is 1.67. The molecule has 0 saturated heterocycles. The number of aromatic amines is 1. The molecular weight excluding hydrogens is 160 g/mol. The monoisotopic (exact) mass is 172 g/mol. The molecule has 0 saturated carbocycles. The standard InChI is InChI=1S/C7H12N2OS/c1-3-5(8-2)6-4-11-7(10)9-6/h4-5,8H,3H2,1-2H3,(H,9,10). The lowest BCUT2D eigenvalue weighted by Crippen LogP contribution is -2.16. The van der Waals surface area contributed by atoms with Crippen molar-refractivity contribution < 1.29 is 0 Å². The topological polar surface area (TPSA) is 44.9 Å². The Balaban J connectivity index is 2.81. The van der Waals surface area contributed by atoms with Crippen molar-refractivity contribution in [3.8, 4) is 0 Å². The van der Waals surface area contributed by atoms with Crippen molar-refractivity contribution in [2.24, 2.45) is 0 Å². The maximum atomic E-state index is 10.8. The van der Waals surface area contributed by atoms with Gasteiger partial charge in [-0.1, -0.05) is 18.3 Å². The number of aromatic nitrogens is 1. The first-order valence-electron chi connectivity index (χ1n) is 3.63. The Morgan fingerprint density at radius 3 is 2.91 bits per heavy atom. The summed E-state index contributed by atoms with van der Waals surface area (Å²) in [6.45, 7) is 2.08. The lowest BCUT2D eigenvalue weighted by Gasteiger charge is -2.09. The highest BCUT2D eigenvalue weighted by Crippen LogP contribution is 2.12. The Hall–Kier alpha value is -0.610. The zero-order valence-corrected chi connectivity index (χ0v) is 7.49. The highest BCUT2D eigenvalue weighted by molar-refractivity contribution is 7.07. The van der Waals surface area contributed by atoms with Crippen LogP contribution in [0.5, 0.6) is 0 Å². The van der Waals surface area contributed by atoms with Crippen LogP contribution in [0.15, 0.2) is 10.2 Å². The van der Waals surface area contributed by atoms with Crippen LogP contribution in [0.2, 0.25) is 0 Å². The molecule has 2 N–H and O–H groups in total. The highest BCUT2D eigenvalue weighted by Gasteiger charge is 2.07. The molecule has 11 heavy (non-hydrogen) atoms.